The van der Waals surface area contributed by atoms with Crippen LogP contribution < -0.4 is 5.32 Å². The molecule has 4 aromatic rings. The van der Waals surface area contributed by atoms with E-state index in [9.17, 15) is 22.4 Å². The summed E-state index contributed by atoms with van der Waals surface area (Å²) >= 11 is 2.39. The van der Waals surface area contributed by atoms with Crippen molar-refractivity contribution in [1.29, 1.82) is 0 Å². The van der Waals surface area contributed by atoms with E-state index >= 15 is 0 Å². The fourth-order valence-corrected chi connectivity index (χ4v) is 6.88. The first-order valence-corrected chi connectivity index (χ1v) is 13.2. The first kappa shape index (κ1) is 22.4. The Morgan fingerprint density at radius 2 is 1.71 bits per heavy atom. The van der Waals surface area contributed by atoms with Gasteiger partial charge >= 0.3 is 0 Å². The molecule has 1 aliphatic heterocycles. The van der Waals surface area contributed by atoms with Gasteiger partial charge in [-0.05, 0) is 42.0 Å². The number of anilines is 1. The molecule has 0 saturated heterocycles. The maximum absolute atomic E-state index is 13.8. The van der Waals surface area contributed by atoms with Gasteiger partial charge in [0.1, 0.15) is 5.82 Å². The lowest BCUT2D eigenvalue weighted by Gasteiger charge is -2.19. The number of fused-ring (bicyclic) bond motifs is 2. The summed E-state index contributed by atoms with van der Waals surface area (Å²) in [6.45, 7) is 0. The van der Waals surface area contributed by atoms with E-state index in [4.69, 9.17) is 0 Å². The van der Waals surface area contributed by atoms with Crippen LogP contribution in [-0.4, -0.2) is 30.3 Å². The fraction of sp³-hybridized carbons (Fsp3) is 0.0435. The zero-order valence-electron chi connectivity index (χ0n) is 17.2. The molecular weight excluding hydrogens is 497 g/mol. The molecular formula is C23H14FN3O4S3. The molecule has 0 atom stereocenters. The largest absolute Gasteiger partial charge is 0.296 e. The van der Waals surface area contributed by atoms with Crippen molar-refractivity contribution in [3.63, 3.8) is 0 Å². The van der Waals surface area contributed by atoms with Crippen molar-refractivity contribution in [3.05, 3.63) is 94.8 Å². The molecule has 170 valence electrons. The second-order valence-electron chi connectivity index (χ2n) is 7.25. The lowest BCUT2D eigenvalue weighted by Crippen LogP contribution is -2.21. The van der Waals surface area contributed by atoms with Crippen LogP contribution in [0.3, 0.4) is 0 Å². The lowest BCUT2D eigenvalue weighted by molar-refractivity contribution is 0.101. The molecule has 0 unspecified atom stereocenters. The lowest BCUT2D eigenvalue weighted by atomic mass is 10.0. The summed E-state index contributed by atoms with van der Waals surface area (Å²) in [4.78, 5) is 25.2. The third-order valence-corrected chi connectivity index (χ3v) is 9.01. The van der Waals surface area contributed by atoms with E-state index in [1.54, 1.807) is 30.3 Å². The zero-order chi connectivity index (χ0) is 23.9. The van der Waals surface area contributed by atoms with E-state index < -0.39 is 21.5 Å². The van der Waals surface area contributed by atoms with Crippen molar-refractivity contribution in [2.24, 2.45) is 0 Å². The number of halogens is 1. The standard InChI is InChI=1S/C23H14FN3O4S3/c24-17-7-3-1-5-14(17)12-32-23-27-26-22(33-23)25-21(29)13-9-10-16-19(11-13)34(30,31)18-8-4-2-6-15(18)20(16)28/h1-11H,12H2,(H,25,26,29). The van der Waals surface area contributed by atoms with E-state index in [-0.39, 0.29) is 37.4 Å². The Morgan fingerprint density at radius 3 is 2.53 bits per heavy atom. The van der Waals surface area contributed by atoms with E-state index in [1.165, 1.54) is 48.2 Å². The number of hydrogen-bond acceptors (Lipinski definition) is 8. The van der Waals surface area contributed by atoms with Gasteiger partial charge in [-0.25, -0.2) is 12.8 Å². The van der Waals surface area contributed by atoms with Gasteiger partial charge in [-0.1, -0.05) is 53.4 Å². The van der Waals surface area contributed by atoms with E-state index in [2.05, 4.69) is 15.5 Å². The number of aromatic nitrogens is 2. The smallest absolute Gasteiger partial charge is 0.257 e. The van der Waals surface area contributed by atoms with Crippen LogP contribution >= 0.6 is 23.1 Å². The summed E-state index contributed by atoms with van der Waals surface area (Å²) in [6.07, 6.45) is 0. The quantitative estimate of drug-likeness (QED) is 0.272. The number of carbonyl (C=O) groups excluding carboxylic acids is 2. The van der Waals surface area contributed by atoms with Crippen molar-refractivity contribution in [1.82, 2.24) is 10.2 Å². The molecule has 0 bridgehead atoms. The topological polar surface area (TPSA) is 106 Å². The monoisotopic (exact) mass is 511 g/mol. The first-order valence-electron chi connectivity index (χ1n) is 9.88. The Labute approximate surface area is 202 Å². The first-order chi connectivity index (χ1) is 16.3. The number of hydrogen-bond donors (Lipinski definition) is 1. The van der Waals surface area contributed by atoms with Crippen LogP contribution in [0.25, 0.3) is 0 Å². The molecule has 5 rings (SSSR count). The Kier molecular flexibility index (Phi) is 5.76. The molecule has 1 aromatic heterocycles. The van der Waals surface area contributed by atoms with Gasteiger partial charge in [-0.15, -0.1) is 10.2 Å². The summed E-state index contributed by atoms with van der Waals surface area (Å²) in [5.41, 5.74) is 0.726. The summed E-state index contributed by atoms with van der Waals surface area (Å²) in [6, 6.07) is 16.3. The molecule has 0 saturated carbocycles. The van der Waals surface area contributed by atoms with Crippen molar-refractivity contribution >= 4 is 49.8 Å². The number of amides is 1. The minimum absolute atomic E-state index is 0.0259. The van der Waals surface area contributed by atoms with Crippen molar-refractivity contribution in [3.8, 4) is 0 Å². The fourth-order valence-electron chi connectivity index (χ4n) is 3.47. The number of nitrogens with zero attached hydrogens (tertiary/aromatic N) is 2. The molecule has 0 spiro atoms. The molecule has 3 aromatic carbocycles. The molecule has 0 aliphatic carbocycles. The van der Waals surface area contributed by atoms with E-state index in [0.717, 1.165) is 11.3 Å². The minimum atomic E-state index is -3.96. The average molecular weight is 512 g/mol. The molecule has 0 fully saturated rings. The van der Waals surface area contributed by atoms with Crippen LogP contribution in [0, 0.1) is 5.82 Å². The second-order valence-corrected chi connectivity index (χ2v) is 11.3. The maximum atomic E-state index is 13.8. The van der Waals surface area contributed by atoms with E-state index in [1.807, 2.05) is 0 Å². The number of rotatable bonds is 5. The normalized spacial score (nSPS) is 13.7. The predicted molar refractivity (Wildman–Crippen MR) is 126 cm³/mol. The third-order valence-electron chi connectivity index (χ3n) is 5.14. The Morgan fingerprint density at radius 1 is 0.971 bits per heavy atom. The van der Waals surface area contributed by atoms with Crippen LogP contribution in [0.1, 0.15) is 31.8 Å². The zero-order valence-corrected chi connectivity index (χ0v) is 19.6. The van der Waals surface area contributed by atoms with Gasteiger partial charge in [-0.3, -0.25) is 14.9 Å². The third kappa shape index (κ3) is 4.02. The molecule has 1 amide bonds. The predicted octanol–water partition coefficient (Wildman–Crippen LogP) is 4.60. The molecule has 1 aliphatic rings. The molecule has 11 heteroatoms. The molecule has 1 N–H and O–H groups in total. The molecule has 0 radical (unpaired) electrons. The van der Waals surface area contributed by atoms with Crippen molar-refractivity contribution in [2.45, 2.75) is 19.9 Å². The number of ketones is 1. The molecule has 2 heterocycles. The van der Waals surface area contributed by atoms with Crippen LogP contribution in [0.15, 0.2) is 80.9 Å². The van der Waals surface area contributed by atoms with Gasteiger partial charge in [0, 0.05) is 22.4 Å². The number of carbonyl (C=O) groups is 2. The molecule has 34 heavy (non-hydrogen) atoms. The minimum Gasteiger partial charge on any atom is -0.296 e. The second kappa shape index (κ2) is 8.75. The van der Waals surface area contributed by atoms with Crippen molar-refractivity contribution < 1.29 is 22.4 Å². The Bertz CT molecular complexity index is 1570. The van der Waals surface area contributed by atoms with Gasteiger partial charge in [0.25, 0.3) is 5.91 Å². The highest BCUT2D eigenvalue weighted by Crippen LogP contribution is 2.35. The number of benzene rings is 3. The van der Waals surface area contributed by atoms with E-state index in [0.29, 0.717) is 15.7 Å². The highest BCUT2D eigenvalue weighted by atomic mass is 32.2. The summed E-state index contributed by atoms with van der Waals surface area (Å²) in [7, 11) is -3.96. The van der Waals surface area contributed by atoms with Crippen LogP contribution in [-0.2, 0) is 15.6 Å². The SMILES string of the molecule is O=C(Nc1nnc(SCc2ccccc2F)s1)c1ccc2c(c1)S(=O)(=O)c1ccccc1C2=O. The number of sulfone groups is 1. The highest BCUT2D eigenvalue weighted by Gasteiger charge is 2.35. The van der Waals surface area contributed by atoms with Crippen LogP contribution in [0.4, 0.5) is 9.52 Å². The van der Waals surface area contributed by atoms with Gasteiger partial charge < -0.3 is 0 Å². The van der Waals surface area contributed by atoms with Gasteiger partial charge in [-0.2, -0.15) is 0 Å². The summed E-state index contributed by atoms with van der Waals surface area (Å²) in [5.74, 6) is -0.955. The average Bonchev–Trinajstić information content (AvgIpc) is 3.29. The van der Waals surface area contributed by atoms with Crippen LogP contribution in [0.2, 0.25) is 0 Å². The van der Waals surface area contributed by atoms with Crippen LogP contribution in [0.5, 0.6) is 0 Å². The summed E-state index contributed by atoms with van der Waals surface area (Å²) < 4.78 is 40.4. The molecule has 7 nitrogen and oxygen atoms in total. The van der Waals surface area contributed by atoms with Gasteiger partial charge in [0.15, 0.2) is 10.1 Å². The Hall–Kier alpha value is -3.41. The number of thioether (sulfide) groups is 1. The van der Waals surface area contributed by atoms with Crippen molar-refractivity contribution in [2.75, 3.05) is 5.32 Å². The van der Waals surface area contributed by atoms with Gasteiger partial charge in [0.2, 0.25) is 15.0 Å². The van der Waals surface area contributed by atoms with Gasteiger partial charge in [0.05, 0.1) is 9.79 Å². The maximum Gasteiger partial charge on any atom is 0.257 e. The summed E-state index contributed by atoms with van der Waals surface area (Å²) in [5, 5.41) is 10.7. The highest BCUT2D eigenvalue weighted by molar-refractivity contribution is 8.00. The Balaban J connectivity index is 1.34. The number of nitrogens with one attached hydrogen (secondary N) is 1.